The van der Waals surface area contributed by atoms with Gasteiger partial charge in [-0.15, -0.1) is 0 Å². The molecule has 3 heteroatoms. The third-order valence-electron chi connectivity index (χ3n) is 5.22. The fourth-order valence-electron chi connectivity index (χ4n) is 3.42. The standard InChI is InChI=1S/C23H42N2O/c1-25(26-2)21-16-14-12-10-8-6-4-3-5-7-9-11-13-15-18-23-19-17-20-24-22-23/h17,19-20,22H,3-16,18,21H2,1-2H3. The molecule has 0 aliphatic carbocycles. The molecule has 1 rings (SSSR count). The van der Waals surface area contributed by atoms with Crippen LogP contribution in [0.4, 0.5) is 0 Å². The molecule has 0 fully saturated rings. The third kappa shape index (κ3) is 14.3. The molecule has 26 heavy (non-hydrogen) atoms. The number of unbranched alkanes of at least 4 members (excludes halogenated alkanes) is 13. The van der Waals surface area contributed by atoms with Crippen molar-refractivity contribution < 1.29 is 4.84 Å². The van der Waals surface area contributed by atoms with Gasteiger partial charge in [-0.25, -0.2) is 0 Å². The molecule has 0 saturated heterocycles. The van der Waals surface area contributed by atoms with E-state index in [0.717, 1.165) is 6.54 Å². The summed E-state index contributed by atoms with van der Waals surface area (Å²) in [6.07, 6.45) is 24.5. The molecule has 1 heterocycles. The first-order chi connectivity index (χ1) is 12.8. The Labute approximate surface area is 162 Å². The van der Waals surface area contributed by atoms with Crippen molar-refractivity contribution in [2.45, 2.75) is 96.3 Å². The Morgan fingerprint density at radius 3 is 1.73 bits per heavy atom. The molecule has 1 aromatic heterocycles. The van der Waals surface area contributed by atoms with Crippen molar-refractivity contribution in [2.75, 3.05) is 20.7 Å². The van der Waals surface area contributed by atoms with Gasteiger partial charge in [0.1, 0.15) is 0 Å². The van der Waals surface area contributed by atoms with Crippen molar-refractivity contribution in [3.8, 4) is 0 Å². The topological polar surface area (TPSA) is 25.4 Å². The highest BCUT2D eigenvalue weighted by molar-refractivity contribution is 5.08. The molecule has 0 saturated carbocycles. The molecule has 0 aliphatic heterocycles. The Morgan fingerprint density at radius 1 is 0.769 bits per heavy atom. The highest BCUT2D eigenvalue weighted by Gasteiger charge is 1.97. The van der Waals surface area contributed by atoms with Crippen LogP contribution in [0, 0.1) is 0 Å². The Hall–Kier alpha value is -0.930. The first-order valence-electron chi connectivity index (χ1n) is 11.0. The number of hydrogen-bond acceptors (Lipinski definition) is 3. The lowest BCUT2D eigenvalue weighted by Gasteiger charge is -2.12. The van der Waals surface area contributed by atoms with Crippen LogP contribution in [-0.2, 0) is 11.3 Å². The summed E-state index contributed by atoms with van der Waals surface area (Å²) < 4.78 is 0. The van der Waals surface area contributed by atoms with Gasteiger partial charge in [0.05, 0.1) is 7.11 Å². The van der Waals surface area contributed by atoms with E-state index in [9.17, 15) is 0 Å². The summed E-state index contributed by atoms with van der Waals surface area (Å²) in [6, 6.07) is 4.23. The molecular formula is C23H42N2O. The number of aromatic nitrogens is 1. The zero-order chi connectivity index (χ0) is 18.7. The van der Waals surface area contributed by atoms with Crippen LogP contribution in [-0.4, -0.2) is 30.7 Å². The largest absolute Gasteiger partial charge is 0.303 e. The molecule has 0 atom stereocenters. The molecule has 0 radical (unpaired) electrons. The summed E-state index contributed by atoms with van der Waals surface area (Å²) in [4.78, 5) is 9.29. The van der Waals surface area contributed by atoms with E-state index < -0.39 is 0 Å². The van der Waals surface area contributed by atoms with Gasteiger partial charge in [0, 0.05) is 26.0 Å². The maximum absolute atomic E-state index is 5.12. The molecule has 0 aliphatic rings. The highest BCUT2D eigenvalue weighted by atomic mass is 16.7. The van der Waals surface area contributed by atoms with E-state index in [-0.39, 0.29) is 0 Å². The second-order valence-corrected chi connectivity index (χ2v) is 7.60. The van der Waals surface area contributed by atoms with E-state index in [1.165, 1.54) is 102 Å². The lowest BCUT2D eigenvalue weighted by Crippen LogP contribution is -2.17. The molecule has 0 N–H and O–H groups in total. The zero-order valence-corrected chi connectivity index (χ0v) is 17.4. The highest BCUT2D eigenvalue weighted by Crippen LogP contribution is 2.13. The van der Waals surface area contributed by atoms with Crippen LogP contribution in [0.3, 0.4) is 0 Å². The van der Waals surface area contributed by atoms with Gasteiger partial charge in [0.2, 0.25) is 0 Å². The van der Waals surface area contributed by atoms with E-state index in [0.29, 0.717) is 0 Å². The molecule has 0 bridgehead atoms. The van der Waals surface area contributed by atoms with Gasteiger partial charge in [0.15, 0.2) is 0 Å². The number of rotatable bonds is 18. The Balaban J connectivity index is 1.71. The van der Waals surface area contributed by atoms with Gasteiger partial charge in [-0.1, -0.05) is 83.1 Å². The van der Waals surface area contributed by atoms with E-state index in [1.807, 2.05) is 30.6 Å². The SMILES string of the molecule is CON(C)CCCCCCCCCCCCCCCCc1cccnc1. The van der Waals surface area contributed by atoms with E-state index in [4.69, 9.17) is 4.84 Å². The Bertz CT molecular complexity index is 396. The van der Waals surface area contributed by atoms with E-state index >= 15 is 0 Å². The number of aryl methyl sites for hydroxylation is 1. The molecule has 0 spiro atoms. The van der Waals surface area contributed by atoms with Gasteiger partial charge < -0.3 is 4.84 Å². The van der Waals surface area contributed by atoms with Gasteiger partial charge in [0.25, 0.3) is 0 Å². The summed E-state index contributed by atoms with van der Waals surface area (Å²) in [5.41, 5.74) is 1.38. The minimum Gasteiger partial charge on any atom is -0.303 e. The van der Waals surface area contributed by atoms with Crippen LogP contribution < -0.4 is 0 Å². The minimum absolute atomic E-state index is 1.06. The number of hydrogen-bond donors (Lipinski definition) is 0. The number of pyridine rings is 1. The lowest BCUT2D eigenvalue weighted by atomic mass is 10.0. The third-order valence-corrected chi connectivity index (χ3v) is 5.22. The van der Waals surface area contributed by atoms with Gasteiger partial charge in [-0.3, -0.25) is 4.98 Å². The first-order valence-corrected chi connectivity index (χ1v) is 11.0. The van der Waals surface area contributed by atoms with Crippen molar-refractivity contribution >= 4 is 0 Å². The van der Waals surface area contributed by atoms with Crippen molar-refractivity contribution in [1.82, 2.24) is 10.0 Å². The van der Waals surface area contributed by atoms with Crippen molar-refractivity contribution in [1.29, 1.82) is 0 Å². The summed E-state index contributed by atoms with van der Waals surface area (Å²) in [7, 11) is 3.74. The maximum atomic E-state index is 5.12. The van der Waals surface area contributed by atoms with Crippen LogP contribution in [0.5, 0.6) is 0 Å². The van der Waals surface area contributed by atoms with Gasteiger partial charge in [-0.05, 0) is 30.9 Å². The summed E-state index contributed by atoms with van der Waals surface area (Å²) in [5.74, 6) is 0. The molecule has 0 unspecified atom stereocenters. The number of nitrogens with zero attached hydrogens (tertiary/aromatic N) is 2. The molecule has 0 aromatic carbocycles. The Morgan fingerprint density at radius 2 is 1.27 bits per heavy atom. The Kier molecular flexibility index (Phi) is 15.5. The summed E-state index contributed by atoms with van der Waals surface area (Å²) in [5, 5.41) is 1.92. The summed E-state index contributed by atoms with van der Waals surface area (Å²) in [6.45, 7) is 1.06. The second-order valence-electron chi connectivity index (χ2n) is 7.60. The van der Waals surface area contributed by atoms with E-state index in [1.54, 1.807) is 7.11 Å². The van der Waals surface area contributed by atoms with Gasteiger partial charge in [-0.2, -0.15) is 5.06 Å². The fraction of sp³-hybridized carbons (Fsp3) is 0.783. The second kappa shape index (κ2) is 17.5. The molecule has 3 nitrogen and oxygen atoms in total. The van der Waals surface area contributed by atoms with Crippen LogP contribution in [0.15, 0.2) is 24.5 Å². The van der Waals surface area contributed by atoms with Crippen LogP contribution in [0.1, 0.15) is 95.5 Å². The normalized spacial score (nSPS) is 11.3. The monoisotopic (exact) mass is 362 g/mol. The van der Waals surface area contributed by atoms with E-state index in [2.05, 4.69) is 11.1 Å². The van der Waals surface area contributed by atoms with Gasteiger partial charge >= 0.3 is 0 Å². The van der Waals surface area contributed by atoms with Crippen molar-refractivity contribution in [3.05, 3.63) is 30.1 Å². The molecule has 0 amide bonds. The summed E-state index contributed by atoms with van der Waals surface area (Å²) >= 11 is 0. The predicted octanol–water partition coefficient (Wildman–Crippen LogP) is 6.58. The first kappa shape index (κ1) is 23.1. The predicted molar refractivity (Wildman–Crippen MR) is 112 cm³/mol. The molecular weight excluding hydrogens is 320 g/mol. The van der Waals surface area contributed by atoms with Crippen LogP contribution in [0.25, 0.3) is 0 Å². The minimum atomic E-state index is 1.06. The number of hydroxylamine groups is 2. The smallest absolute Gasteiger partial charge is 0.0575 e. The van der Waals surface area contributed by atoms with Crippen LogP contribution in [0.2, 0.25) is 0 Å². The quantitative estimate of drug-likeness (QED) is 0.218. The average molecular weight is 363 g/mol. The van der Waals surface area contributed by atoms with Crippen molar-refractivity contribution in [2.24, 2.45) is 0 Å². The fourth-order valence-corrected chi connectivity index (χ4v) is 3.42. The molecule has 1 aromatic rings. The zero-order valence-electron chi connectivity index (χ0n) is 17.4. The maximum Gasteiger partial charge on any atom is 0.0575 e. The molecule has 150 valence electrons. The lowest BCUT2D eigenvalue weighted by molar-refractivity contribution is -0.109. The average Bonchev–Trinajstić information content (AvgIpc) is 2.68. The van der Waals surface area contributed by atoms with Crippen molar-refractivity contribution in [3.63, 3.8) is 0 Å². The van der Waals surface area contributed by atoms with Crippen LogP contribution >= 0.6 is 0 Å².